The molecule has 1 aliphatic carbocycles. The molecular formula is C10H8N2O5. The van der Waals surface area contributed by atoms with Gasteiger partial charge in [0.2, 0.25) is 5.76 Å². The van der Waals surface area contributed by atoms with Gasteiger partial charge in [0, 0.05) is 17.9 Å². The fourth-order valence-electron chi connectivity index (χ4n) is 2.02. The molecular weight excluding hydrogens is 228 g/mol. The first-order valence-corrected chi connectivity index (χ1v) is 5.00. The summed E-state index contributed by atoms with van der Waals surface area (Å²) in [7, 11) is 0. The van der Waals surface area contributed by atoms with Crippen LogP contribution in [0.4, 0.5) is 0 Å². The number of hydrogen-bond donors (Lipinski definition) is 2. The summed E-state index contributed by atoms with van der Waals surface area (Å²) in [6.07, 6.45) is 0.459. The van der Waals surface area contributed by atoms with Crippen molar-refractivity contribution in [2.24, 2.45) is 0 Å². The van der Waals surface area contributed by atoms with Gasteiger partial charge in [0.05, 0.1) is 6.61 Å². The molecule has 0 fully saturated rings. The number of nitrogens with zero attached hydrogens (tertiary/aromatic N) is 2. The van der Waals surface area contributed by atoms with Gasteiger partial charge in [-0.3, -0.25) is 0 Å². The summed E-state index contributed by atoms with van der Waals surface area (Å²) in [5, 5.41) is 25.5. The molecule has 0 saturated heterocycles. The van der Waals surface area contributed by atoms with E-state index >= 15 is 0 Å². The number of carboxylic acids is 1. The van der Waals surface area contributed by atoms with Crippen molar-refractivity contribution >= 4 is 5.97 Å². The molecule has 2 aromatic heterocycles. The van der Waals surface area contributed by atoms with Crippen molar-refractivity contribution in [1.82, 2.24) is 10.3 Å². The predicted octanol–water partition coefficient (Wildman–Crippen LogP) is 0.660. The van der Waals surface area contributed by atoms with E-state index in [1.54, 1.807) is 0 Å². The summed E-state index contributed by atoms with van der Waals surface area (Å²) in [5.41, 5.74) is 1.62. The third-order valence-electron chi connectivity index (χ3n) is 2.84. The first-order valence-electron chi connectivity index (χ1n) is 5.00. The molecule has 3 rings (SSSR count). The molecule has 1 atom stereocenters. The van der Waals surface area contributed by atoms with Gasteiger partial charge in [-0.25, -0.2) is 9.42 Å². The molecule has 0 aromatic carbocycles. The molecule has 0 aliphatic heterocycles. The summed E-state index contributed by atoms with van der Waals surface area (Å²) >= 11 is 0. The van der Waals surface area contributed by atoms with Crippen molar-refractivity contribution < 1.29 is 24.1 Å². The van der Waals surface area contributed by atoms with E-state index in [0.717, 1.165) is 0 Å². The molecule has 0 spiro atoms. The van der Waals surface area contributed by atoms with Crippen LogP contribution in [0.2, 0.25) is 0 Å². The highest BCUT2D eigenvalue weighted by Gasteiger charge is 2.33. The quantitative estimate of drug-likeness (QED) is 0.787. The number of aromatic nitrogens is 2. The van der Waals surface area contributed by atoms with Crippen LogP contribution in [0.15, 0.2) is 15.1 Å². The van der Waals surface area contributed by atoms with Gasteiger partial charge >= 0.3 is 5.97 Å². The second-order valence-corrected chi connectivity index (χ2v) is 3.84. The summed E-state index contributed by atoms with van der Waals surface area (Å²) in [6, 6.07) is 1.41. The summed E-state index contributed by atoms with van der Waals surface area (Å²) in [5.74, 6) is -1.25. The lowest BCUT2D eigenvalue weighted by molar-refractivity contribution is 0.0663. The number of furan rings is 1. The van der Waals surface area contributed by atoms with Crippen molar-refractivity contribution in [3.8, 4) is 11.5 Å². The van der Waals surface area contributed by atoms with E-state index in [4.69, 9.17) is 9.52 Å². The largest absolute Gasteiger partial charge is 0.475 e. The van der Waals surface area contributed by atoms with Crippen LogP contribution in [0.1, 0.15) is 27.7 Å². The Morgan fingerprint density at radius 2 is 2.35 bits per heavy atom. The van der Waals surface area contributed by atoms with Crippen molar-refractivity contribution in [1.29, 1.82) is 0 Å². The number of aromatic carboxylic acids is 1. The van der Waals surface area contributed by atoms with Crippen LogP contribution >= 0.6 is 0 Å². The molecule has 0 amide bonds. The van der Waals surface area contributed by atoms with Gasteiger partial charge in [-0.2, -0.15) is 0 Å². The first-order chi connectivity index (χ1) is 8.20. The smallest absolute Gasteiger partial charge is 0.371 e. The van der Waals surface area contributed by atoms with Crippen molar-refractivity contribution in [3.63, 3.8) is 0 Å². The molecule has 7 heteroatoms. The van der Waals surface area contributed by atoms with E-state index < -0.39 is 5.97 Å². The monoisotopic (exact) mass is 236 g/mol. The highest BCUT2D eigenvalue weighted by Crippen LogP contribution is 2.39. The van der Waals surface area contributed by atoms with Crippen molar-refractivity contribution in [2.75, 3.05) is 6.61 Å². The minimum absolute atomic E-state index is 0.113. The fraction of sp³-hybridized carbons (Fsp3) is 0.300. The second kappa shape index (κ2) is 3.42. The minimum Gasteiger partial charge on any atom is -0.475 e. The SMILES string of the molecule is O=C(O)c1cc2c(o1)-c1nonc1CC2CO. The average Bonchev–Trinajstić information content (AvgIpc) is 2.92. The molecule has 1 aliphatic rings. The Bertz CT molecular complexity index is 585. The van der Waals surface area contributed by atoms with Gasteiger partial charge < -0.3 is 14.6 Å². The molecule has 17 heavy (non-hydrogen) atoms. The molecule has 0 saturated carbocycles. The van der Waals surface area contributed by atoms with Gasteiger partial charge in [0.1, 0.15) is 5.69 Å². The number of fused-ring (bicyclic) bond motifs is 3. The zero-order chi connectivity index (χ0) is 12.0. The highest BCUT2D eigenvalue weighted by atomic mass is 16.6. The second-order valence-electron chi connectivity index (χ2n) is 3.84. The van der Waals surface area contributed by atoms with E-state index in [0.29, 0.717) is 29.1 Å². The Morgan fingerprint density at radius 1 is 1.53 bits per heavy atom. The minimum atomic E-state index is -1.16. The number of rotatable bonds is 2. The van der Waals surface area contributed by atoms with Crippen LogP contribution in [-0.4, -0.2) is 33.1 Å². The van der Waals surface area contributed by atoms with Gasteiger partial charge in [-0.05, 0) is 11.2 Å². The number of aliphatic hydroxyl groups excluding tert-OH is 1. The third-order valence-corrected chi connectivity index (χ3v) is 2.84. The molecule has 0 bridgehead atoms. The number of carbonyl (C=O) groups is 1. The normalized spacial score (nSPS) is 17.6. The maximum absolute atomic E-state index is 10.8. The molecule has 2 aromatic rings. The molecule has 1 unspecified atom stereocenters. The van der Waals surface area contributed by atoms with Crippen LogP contribution in [0.5, 0.6) is 0 Å². The Labute approximate surface area is 94.6 Å². The molecule has 2 heterocycles. The number of aliphatic hydroxyl groups is 1. The zero-order valence-electron chi connectivity index (χ0n) is 8.58. The zero-order valence-corrected chi connectivity index (χ0v) is 8.58. The number of carboxylic acid groups (broad SMARTS) is 1. The van der Waals surface area contributed by atoms with Gasteiger partial charge in [0.25, 0.3) is 0 Å². The standard InChI is InChI=1S/C10H8N2O5/c13-3-4-1-6-8(12-17-11-6)9-5(4)2-7(16-9)10(14)15/h2,4,13H,1,3H2,(H,14,15). The van der Waals surface area contributed by atoms with Crippen LogP contribution < -0.4 is 0 Å². The van der Waals surface area contributed by atoms with Crippen LogP contribution in [0, 0.1) is 0 Å². The topological polar surface area (TPSA) is 110 Å². The predicted molar refractivity (Wildman–Crippen MR) is 52.5 cm³/mol. The summed E-state index contributed by atoms with van der Waals surface area (Å²) in [6.45, 7) is -0.113. The first kappa shape index (κ1) is 10.0. The lowest BCUT2D eigenvalue weighted by Crippen LogP contribution is -2.13. The van der Waals surface area contributed by atoms with Crippen LogP contribution in [0.25, 0.3) is 11.5 Å². The Kier molecular flexibility index (Phi) is 2.02. The van der Waals surface area contributed by atoms with Gasteiger partial charge in [-0.15, -0.1) is 0 Å². The van der Waals surface area contributed by atoms with Gasteiger partial charge in [0.15, 0.2) is 11.5 Å². The van der Waals surface area contributed by atoms with E-state index in [2.05, 4.69) is 14.9 Å². The average molecular weight is 236 g/mol. The highest BCUT2D eigenvalue weighted by molar-refractivity contribution is 5.86. The van der Waals surface area contributed by atoms with Crippen LogP contribution in [0.3, 0.4) is 0 Å². The molecule has 7 nitrogen and oxygen atoms in total. The maximum Gasteiger partial charge on any atom is 0.371 e. The molecule has 2 N–H and O–H groups in total. The Balaban J connectivity index is 2.20. The maximum atomic E-state index is 10.8. The van der Waals surface area contributed by atoms with E-state index in [1.807, 2.05) is 0 Å². The lowest BCUT2D eigenvalue weighted by atomic mass is 9.88. The van der Waals surface area contributed by atoms with Crippen molar-refractivity contribution in [2.45, 2.75) is 12.3 Å². The van der Waals surface area contributed by atoms with E-state index in [-0.39, 0.29) is 18.3 Å². The Morgan fingerprint density at radius 3 is 3.06 bits per heavy atom. The third kappa shape index (κ3) is 1.36. The fourth-order valence-corrected chi connectivity index (χ4v) is 2.02. The number of hydrogen-bond acceptors (Lipinski definition) is 6. The summed E-state index contributed by atoms with van der Waals surface area (Å²) < 4.78 is 9.81. The van der Waals surface area contributed by atoms with E-state index in [1.165, 1.54) is 6.07 Å². The molecule has 0 radical (unpaired) electrons. The van der Waals surface area contributed by atoms with Gasteiger partial charge in [-0.1, -0.05) is 5.16 Å². The van der Waals surface area contributed by atoms with Crippen molar-refractivity contribution in [3.05, 3.63) is 23.1 Å². The molecule has 88 valence electrons. The van der Waals surface area contributed by atoms with E-state index in [9.17, 15) is 9.90 Å². The Hall–Kier alpha value is -2.15. The van der Waals surface area contributed by atoms with Crippen LogP contribution in [-0.2, 0) is 6.42 Å². The summed E-state index contributed by atoms with van der Waals surface area (Å²) in [4.78, 5) is 10.8. The lowest BCUT2D eigenvalue weighted by Gasteiger charge is -2.16.